The van der Waals surface area contributed by atoms with E-state index in [9.17, 15) is 4.79 Å². The van der Waals surface area contributed by atoms with Gasteiger partial charge in [0.05, 0.1) is 12.2 Å². The topological polar surface area (TPSA) is 77.2 Å². The SMILES string of the molecule is CCNC(=NCc1ccc(C(=O)N2CCCCC2)cc1)N1CCN(Cc2ccon2)CC1.I. The fourth-order valence-corrected chi connectivity index (χ4v) is 4.29. The molecular weight excluding hydrogens is 531 g/mol. The molecule has 0 saturated carbocycles. The summed E-state index contributed by atoms with van der Waals surface area (Å²) in [4.78, 5) is 24.2. The average Bonchev–Trinajstić information content (AvgIpc) is 3.36. The van der Waals surface area contributed by atoms with Gasteiger partial charge >= 0.3 is 0 Å². The van der Waals surface area contributed by atoms with Crippen molar-refractivity contribution in [3.8, 4) is 0 Å². The zero-order valence-corrected chi connectivity index (χ0v) is 21.7. The van der Waals surface area contributed by atoms with Gasteiger partial charge in [0.25, 0.3) is 5.91 Å². The number of likely N-dealkylation sites (tertiary alicyclic amines) is 1. The van der Waals surface area contributed by atoms with E-state index >= 15 is 0 Å². The number of nitrogens with zero attached hydrogens (tertiary/aromatic N) is 5. The van der Waals surface area contributed by atoms with Crippen LogP contribution in [0.15, 0.2) is 46.1 Å². The summed E-state index contributed by atoms with van der Waals surface area (Å²) in [6.45, 7) is 9.87. The van der Waals surface area contributed by atoms with Gasteiger partial charge in [0.15, 0.2) is 5.96 Å². The molecule has 33 heavy (non-hydrogen) atoms. The predicted octanol–water partition coefficient (Wildman–Crippen LogP) is 3.20. The molecule has 2 aromatic rings. The second-order valence-electron chi connectivity index (χ2n) is 8.47. The van der Waals surface area contributed by atoms with E-state index in [1.807, 2.05) is 35.2 Å². The van der Waals surface area contributed by atoms with Crippen molar-refractivity contribution in [1.82, 2.24) is 25.2 Å². The summed E-state index contributed by atoms with van der Waals surface area (Å²) < 4.78 is 4.94. The Morgan fingerprint density at radius 3 is 2.36 bits per heavy atom. The van der Waals surface area contributed by atoms with Crippen LogP contribution < -0.4 is 5.32 Å². The van der Waals surface area contributed by atoms with Crippen molar-refractivity contribution in [2.75, 3.05) is 45.8 Å². The van der Waals surface area contributed by atoms with Crippen molar-refractivity contribution in [2.24, 2.45) is 4.99 Å². The van der Waals surface area contributed by atoms with Crippen LogP contribution in [0.1, 0.15) is 47.8 Å². The van der Waals surface area contributed by atoms with Gasteiger partial charge < -0.3 is 19.6 Å². The Balaban J connectivity index is 0.00000306. The molecule has 3 heterocycles. The van der Waals surface area contributed by atoms with E-state index in [0.29, 0.717) is 6.54 Å². The van der Waals surface area contributed by atoms with Gasteiger partial charge in [-0.2, -0.15) is 0 Å². The number of piperazine rings is 1. The first-order valence-corrected chi connectivity index (χ1v) is 11.8. The molecule has 1 aromatic heterocycles. The lowest BCUT2D eigenvalue weighted by atomic mass is 10.1. The lowest BCUT2D eigenvalue weighted by molar-refractivity contribution is 0.0724. The molecular formula is C24H35IN6O2. The number of hydrogen-bond donors (Lipinski definition) is 1. The van der Waals surface area contributed by atoms with Crippen LogP contribution in [0.5, 0.6) is 0 Å². The second-order valence-corrected chi connectivity index (χ2v) is 8.47. The number of guanidine groups is 1. The van der Waals surface area contributed by atoms with Crippen LogP contribution in [-0.4, -0.2) is 77.5 Å². The number of nitrogens with one attached hydrogen (secondary N) is 1. The fourth-order valence-electron chi connectivity index (χ4n) is 4.29. The lowest BCUT2D eigenvalue weighted by Gasteiger charge is -2.36. The van der Waals surface area contributed by atoms with Crippen LogP contribution in [-0.2, 0) is 13.1 Å². The fraction of sp³-hybridized carbons (Fsp3) is 0.542. The molecule has 180 valence electrons. The second kappa shape index (κ2) is 12.9. The van der Waals surface area contributed by atoms with Gasteiger partial charge in [-0.25, -0.2) is 4.99 Å². The number of amides is 1. The van der Waals surface area contributed by atoms with Crippen molar-refractivity contribution in [2.45, 2.75) is 39.3 Å². The Labute approximate surface area is 213 Å². The smallest absolute Gasteiger partial charge is 0.253 e. The minimum absolute atomic E-state index is 0. The molecule has 0 bridgehead atoms. The molecule has 2 fully saturated rings. The number of halogens is 1. The van der Waals surface area contributed by atoms with Crippen molar-refractivity contribution in [3.63, 3.8) is 0 Å². The molecule has 0 unspecified atom stereocenters. The molecule has 0 spiro atoms. The summed E-state index contributed by atoms with van der Waals surface area (Å²) >= 11 is 0. The van der Waals surface area contributed by atoms with Gasteiger partial charge in [-0.15, -0.1) is 24.0 Å². The number of benzene rings is 1. The molecule has 1 aromatic carbocycles. The first-order valence-electron chi connectivity index (χ1n) is 11.8. The first-order chi connectivity index (χ1) is 15.7. The number of carbonyl (C=O) groups is 1. The van der Waals surface area contributed by atoms with Gasteiger partial charge in [-0.1, -0.05) is 17.3 Å². The monoisotopic (exact) mass is 566 g/mol. The highest BCUT2D eigenvalue weighted by Gasteiger charge is 2.21. The number of aromatic nitrogens is 1. The molecule has 2 aliphatic rings. The standard InChI is InChI=1S/C24H34N6O2.HI/c1-2-25-24(30-15-13-28(14-16-30)19-22-10-17-32-27-22)26-18-20-6-8-21(9-7-20)23(31)29-11-4-3-5-12-29;/h6-10,17H,2-5,11-16,18-19H2,1H3,(H,25,26);1H. The Morgan fingerprint density at radius 1 is 1.00 bits per heavy atom. The summed E-state index contributed by atoms with van der Waals surface area (Å²) in [6.07, 6.45) is 5.07. The maximum Gasteiger partial charge on any atom is 0.253 e. The van der Waals surface area contributed by atoms with E-state index in [1.165, 1.54) is 6.42 Å². The number of piperidine rings is 1. The Bertz CT molecular complexity index is 873. The minimum atomic E-state index is 0. The summed E-state index contributed by atoms with van der Waals surface area (Å²) in [5.74, 6) is 1.10. The van der Waals surface area contributed by atoms with Gasteiger partial charge in [0, 0.05) is 64.0 Å². The number of carbonyl (C=O) groups excluding carboxylic acids is 1. The predicted molar refractivity (Wildman–Crippen MR) is 140 cm³/mol. The molecule has 9 heteroatoms. The van der Waals surface area contributed by atoms with Crippen molar-refractivity contribution < 1.29 is 9.32 Å². The lowest BCUT2D eigenvalue weighted by Crippen LogP contribution is -2.52. The maximum atomic E-state index is 12.7. The van der Waals surface area contributed by atoms with Crippen LogP contribution in [0.2, 0.25) is 0 Å². The number of aliphatic imine (C=N–C) groups is 1. The van der Waals surface area contributed by atoms with Crippen molar-refractivity contribution >= 4 is 35.8 Å². The average molecular weight is 566 g/mol. The van der Waals surface area contributed by atoms with Crippen LogP contribution in [0.25, 0.3) is 0 Å². The van der Waals surface area contributed by atoms with E-state index < -0.39 is 0 Å². The zero-order chi connectivity index (χ0) is 22.2. The van der Waals surface area contributed by atoms with Gasteiger partial charge in [0.2, 0.25) is 0 Å². The molecule has 8 nitrogen and oxygen atoms in total. The third-order valence-corrected chi connectivity index (χ3v) is 6.14. The third-order valence-electron chi connectivity index (χ3n) is 6.14. The third kappa shape index (κ3) is 7.17. The molecule has 0 aliphatic carbocycles. The van der Waals surface area contributed by atoms with Crippen LogP contribution in [0.3, 0.4) is 0 Å². The van der Waals surface area contributed by atoms with E-state index in [1.54, 1.807) is 6.26 Å². The Morgan fingerprint density at radius 2 is 1.73 bits per heavy atom. The Hall–Kier alpha value is -2.14. The van der Waals surface area contributed by atoms with E-state index in [-0.39, 0.29) is 29.9 Å². The normalized spacial score (nSPS) is 17.5. The van der Waals surface area contributed by atoms with Crippen LogP contribution in [0.4, 0.5) is 0 Å². The minimum Gasteiger partial charge on any atom is -0.364 e. The molecule has 0 radical (unpaired) electrons. The number of hydrogen-bond acceptors (Lipinski definition) is 5. The van der Waals surface area contributed by atoms with E-state index in [4.69, 9.17) is 9.52 Å². The highest BCUT2D eigenvalue weighted by atomic mass is 127. The molecule has 1 amide bonds. The van der Waals surface area contributed by atoms with E-state index in [2.05, 4.69) is 27.2 Å². The highest BCUT2D eigenvalue weighted by molar-refractivity contribution is 14.0. The molecule has 1 N–H and O–H groups in total. The van der Waals surface area contributed by atoms with Crippen LogP contribution in [0, 0.1) is 0 Å². The van der Waals surface area contributed by atoms with Crippen molar-refractivity contribution in [3.05, 3.63) is 53.4 Å². The van der Waals surface area contributed by atoms with E-state index in [0.717, 1.165) is 88.0 Å². The summed E-state index contributed by atoms with van der Waals surface area (Å²) in [5.41, 5.74) is 2.86. The van der Waals surface area contributed by atoms with Gasteiger partial charge in [-0.05, 0) is 43.9 Å². The molecule has 2 saturated heterocycles. The maximum absolute atomic E-state index is 12.7. The highest BCUT2D eigenvalue weighted by Crippen LogP contribution is 2.14. The largest absolute Gasteiger partial charge is 0.364 e. The van der Waals surface area contributed by atoms with Crippen LogP contribution >= 0.6 is 24.0 Å². The number of rotatable bonds is 6. The summed E-state index contributed by atoms with van der Waals surface area (Å²) in [5, 5.41) is 7.44. The Kier molecular flexibility index (Phi) is 9.98. The summed E-state index contributed by atoms with van der Waals surface area (Å²) in [7, 11) is 0. The first kappa shape index (κ1) is 25.5. The van der Waals surface area contributed by atoms with Gasteiger partial charge in [0.1, 0.15) is 6.26 Å². The van der Waals surface area contributed by atoms with Gasteiger partial charge in [-0.3, -0.25) is 9.69 Å². The molecule has 0 atom stereocenters. The molecule has 2 aliphatic heterocycles. The molecule has 4 rings (SSSR count). The van der Waals surface area contributed by atoms with Crippen molar-refractivity contribution in [1.29, 1.82) is 0 Å². The zero-order valence-electron chi connectivity index (χ0n) is 19.4. The summed E-state index contributed by atoms with van der Waals surface area (Å²) in [6, 6.07) is 9.86. The quantitative estimate of drug-likeness (QED) is 0.329.